The Morgan fingerprint density at radius 1 is 1.15 bits per heavy atom. The molecule has 1 atom stereocenters. The molecule has 3 rings (SSSR count). The van der Waals surface area contributed by atoms with Gasteiger partial charge >= 0.3 is 0 Å². The van der Waals surface area contributed by atoms with Gasteiger partial charge in [-0.2, -0.15) is 0 Å². The van der Waals surface area contributed by atoms with Crippen LogP contribution in [0.5, 0.6) is 0 Å². The maximum absolute atomic E-state index is 12.7. The molecule has 2 fully saturated rings. The molecule has 0 aliphatic carbocycles. The van der Waals surface area contributed by atoms with Gasteiger partial charge < -0.3 is 19.7 Å². The van der Waals surface area contributed by atoms with Crippen LogP contribution in [0.3, 0.4) is 0 Å². The second-order valence-corrected chi connectivity index (χ2v) is 7.07. The van der Waals surface area contributed by atoms with Gasteiger partial charge in [0, 0.05) is 40.3 Å². The molecule has 9 nitrogen and oxygen atoms in total. The lowest BCUT2D eigenvalue weighted by Crippen LogP contribution is -2.56. The number of likely N-dealkylation sites (tertiary alicyclic amines) is 1. The molecule has 1 amide bonds. The molecule has 2 aliphatic rings. The number of carbonyl (C=O) groups is 1. The van der Waals surface area contributed by atoms with Crippen molar-refractivity contribution in [1.82, 2.24) is 34.8 Å². The average molecular weight is 362 g/mol. The minimum absolute atomic E-state index is 0.0677. The quantitative estimate of drug-likeness (QED) is 0.573. The Kier molecular flexibility index (Phi) is 5.75. The highest BCUT2D eigenvalue weighted by molar-refractivity contribution is 5.83. The molecule has 0 bridgehead atoms. The first-order valence-corrected chi connectivity index (χ1v) is 9.30. The van der Waals surface area contributed by atoms with E-state index in [1.807, 2.05) is 30.5 Å². The van der Waals surface area contributed by atoms with Crippen LogP contribution in [0, 0.1) is 6.92 Å². The first kappa shape index (κ1) is 18.6. The van der Waals surface area contributed by atoms with Gasteiger partial charge in [-0.05, 0) is 33.4 Å². The highest BCUT2D eigenvalue weighted by Crippen LogP contribution is 2.18. The number of aromatic nitrogens is 3. The Balaban J connectivity index is 1.51. The van der Waals surface area contributed by atoms with Crippen LogP contribution in [-0.2, 0) is 18.4 Å². The van der Waals surface area contributed by atoms with Crippen molar-refractivity contribution in [2.75, 3.05) is 46.8 Å². The molecule has 2 aliphatic heterocycles. The maximum Gasteiger partial charge on any atom is 0.240 e. The van der Waals surface area contributed by atoms with Crippen LogP contribution >= 0.6 is 0 Å². The Morgan fingerprint density at radius 3 is 2.38 bits per heavy atom. The van der Waals surface area contributed by atoms with Gasteiger partial charge in [-0.3, -0.25) is 14.7 Å². The van der Waals surface area contributed by atoms with Crippen molar-refractivity contribution in [2.24, 2.45) is 12.0 Å². The van der Waals surface area contributed by atoms with Gasteiger partial charge in [0.2, 0.25) is 5.91 Å². The number of carbonyl (C=O) groups excluding carboxylic acids is 1. The zero-order valence-electron chi connectivity index (χ0n) is 16.3. The van der Waals surface area contributed by atoms with E-state index in [2.05, 4.69) is 30.3 Å². The molecule has 1 N–H and O–H groups in total. The molecule has 9 heteroatoms. The SMILES string of the molecule is CN=C(NCc1nnc(C)n1C)N1CCN(C(=O)C2CCCN2C)CC1. The van der Waals surface area contributed by atoms with E-state index in [1.54, 1.807) is 7.05 Å². The monoisotopic (exact) mass is 362 g/mol. The summed E-state index contributed by atoms with van der Waals surface area (Å²) in [7, 11) is 5.79. The number of aryl methyl sites for hydroxylation is 1. The third-order valence-corrected chi connectivity index (χ3v) is 5.50. The molecule has 3 heterocycles. The molecule has 1 unspecified atom stereocenters. The molecule has 26 heavy (non-hydrogen) atoms. The fourth-order valence-corrected chi connectivity index (χ4v) is 3.67. The van der Waals surface area contributed by atoms with Crippen molar-refractivity contribution >= 4 is 11.9 Å². The summed E-state index contributed by atoms with van der Waals surface area (Å²) in [5.74, 6) is 2.89. The summed E-state index contributed by atoms with van der Waals surface area (Å²) in [5.41, 5.74) is 0. The molecule has 0 spiro atoms. The fraction of sp³-hybridized carbons (Fsp3) is 0.765. The lowest BCUT2D eigenvalue weighted by atomic mass is 10.2. The van der Waals surface area contributed by atoms with Crippen LogP contribution in [0.25, 0.3) is 0 Å². The third-order valence-electron chi connectivity index (χ3n) is 5.50. The summed E-state index contributed by atoms with van der Waals surface area (Å²) in [6.07, 6.45) is 2.10. The molecule has 144 valence electrons. The topological polar surface area (TPSA) is 81.9 Å². The number of likely N-dealkylation sites (N-methyl/N-ethyl adjacent to an activating group) is 1. The number of guanidine groups is 1. The van der Waals surface area contributed by atoms with Crippen molar-refractivity contribution in [3.63, 3.8) is 0 Å². The smallest absolute Gasteiger partial charge is 0.240 e. The molecular weight excluding hydrogens is 332 g/mol. The summed E-state index contributed by atoms with van der Waals surface area (Å²) < 4.78 is 1.97. The molecule has 0 radical (unpaired) electrons. The van der Waals surface area contributed by atoms with E-state index in [9.17, 15) is 4.79 Å². The zero-order chi connectivity index (χ0) is 18.7. The van der Waals surface area contributed by atoms with Crippen molar-refractivity contribution in [2.45, 2.75) is 32.4 Å². The van der Waals surface area contributed by atoms with E-state index in [1.165, 1.54) is 0 Å². The Hall–Kier alpha value is -2.16. The molecule has 2 saturated heterocycles. The summed E-state index contributed by atoms with van der Waals surface area (Å²) >= 11 is 0. The minimum atomic E-state index is 0.0677. The third kappa shape index (κ3) is 3.82. The number of nitrogens with zero attached hydrogens (tertiary/aromatic N) is 7. The normalized spacial score (nSPS) is 22.2. The van der Waals surface area contributed by atoms with Gasteiger partial charge in [0.05, 0.1) is 12.6 Å². The van der Waals surface area contributed by atoms with E-state index < -0.39 is 0 Å². The van der Waals surface area contributed by atoms with E-state index in [0.717, 1.165) is 63.2 Å². The highest BCUT2D eigenvalue weighted by atomic mass is 16.2. The van der Waals surface area contributed by atoms with Gasteiger partial charge in [-0.1, -0.05) is 0 Å². The van der Waals surface area contributed by atoms with Gasteiger partial charge in [0.15, 0.2) is 11.8 Å². The second kappa shape index (κ2) is 8.03. The van der Waals surface area contributed by atoms with Gasteiger partial charge in [0.25, 0.3) is 0 Å². The Bertz CT molecular complexity index is 662. The first-order chi connectivity index (χ1) is 12.5. The fourth-order valence-electron chi connectivity index (χ4n) is 3.67. The van der Waals surface area contributed by atoms with Crippen LogP contribution in [0.1, 0.15) is 24.5 Å². The summed E-state index contributed by atoms with van der Waals surface area (Å²) in [6.45, 7) is 6.60. The zero-order valence-corrected chi connectivity index (χ0v) is 16.3. The van der Waals surface area contributed by atoms with Crippen LogP contribution in [0.4, 0.5) is 0 Å². The van der Waals surface area contributed by atoms with E-state index in [-0.39, 0.29) is 11.9 Å². The van der Waals surface area contributed by atoms with E-state index in [4.69, 9.17) is 0 Å². The van der Waals surface area contributed by atoms with Crippen LogP contribution in [0.2, 0.25) is 0 Å². The highest BCUT2D eigenvalue weighted by Gasteiger charge is 2.33. The molecule has 0 aromatic carbocycles. The van der Waals surface area contributed by atoms with Crippen LogP contribution in [0.15, 0.2) is 4.99 Å². The van der Waals surface area contributed by atoms with Gasteiger partial charge in [0.1, 0.15) is 5.82 Å². The largest absolute Gasteiger partial charge is 0.349 e. The number of piperazine rings is 1. The maximum atomic E-state index is 12.7. The van der Waals surface area contributed by atoms with Gasteiger partial charge in [-0.15, -0.1) is 10.2 Å². The molecule has 0 saturated carbocycles. The summed E-state index contributed by atoms with van der Waals surface area (Å²) in [4.78, 5) is 23.5. The number of nitrogens with one attached hydrogen (secondary N) is 1. The standard InChI is InChI=1S/C17H30N8O/c1-13-20-21-15(23(13)4)12-19-17(18-2)25-10-8-24(9-11-25)16(26)14-6-5-7-22(14)3/h14H,5-12H2,1-4H3,(H,18,19). The molecule has 1 aromatic heterocycles. The van der Waals surface area contributed by atoms with Crippen molar-refractivity contribution in [1.29, 1.82) is 0 Å². The van der Waals surface area contributed by atoms with Crippen molar-refractivity contribution in [3.05, 3.63) is 11.6 Å². The Morgan fingerprint density at radius 2 is 1.85 bits per heavy atom. The Labute approximate surface area is 155 Å². The molecule has 1 aromatic rings. The summed E-state index contributed by atoms with van der Waals surface area (Å²) in [6, 6.07) is 0.0677. The molecular formula is C17H30N8O. The lowest BCUT2D eigenvalue weighted by molar-refractivity contribution is -0.136. The van der Waals surface area contributed by atoms with Crippen LogP contribution in [-0.4, -0.2) is 94.2 Å². The average Bonchev–Trinajstić information content (AvgIpc) is 3.22. The van der Waals surface area contributed by atoms with Gasteiger partial charge in [-0.25, -0.2) is 0 Å². The van der Waals surface area contributed by atoms with Crippen LogP contribution < -0.4 is 5.32 Å². The number of hydrogen-bond acceptors (Lipinski definition) is 5. The number of hydrogen-bond donors (Lipinski definition) is 1. The van der Waals surface area contributed by atoms with E-state index >= 15 is 0 Å². The van der Waals surface area contributed by atoms with Crippen molar-refractivity contribution < 1.29 is 4.79 Å². The summed E-state index contributed by atoms with van der Waals surface area (Å²) in [5, 5.41) is 11.6. The lowest BCUT2D eigenvalue weighted by Gasteiger charge is -2.38. The van der Waals surface area contributed by atoms with E-state index in [0.29, 0.717) is 6.54 Å². The van der Waals surface area contributed by atoms with Crippen molar-refractivity contribution in [3.8, 4) is 0 Å². The first-order valence-electron chi connectivity index (χ1n) is 9.30. The second-order valence-electron chi connectivity index (χ2n) is 7.07. The number of aliphatic imine (C=N–C) groups is 1. The predicted octanol–water partition coefficient (Wildman–Crippen LogP) is -0.563. The minimum Gasteiger partial charge on any atom is -0.349 e. The predicted molar refractivity (Wildman–Crippen MR) is 99.7 cm³/mol. The number of amides is 1. The number of rotatable bonds is 3.